The number of benzene rings is 2. The lowest BCUT2D eigenvalue weighted by molar-refractivity contribution is -0.145. The predicted molar refractivity (Wildman–Crippen MR) is 111 cm³/mol. The Morgan fingerprint density at radius 3 is 2.52 bits per heavy atom. The lowest BCUT2D eigenvalue weighted by atomic mass is 10.1. The second kappa shape index (κ2) is 9.11. The number of esters is 1. The Balaban J connectivity index is 2.04. The Morgan fingerprint density at radius 1 is 1.10 bits per heavy atom. The Morgan fingerprint density at radius 2 is 1.84 bits per heavy atom. The van der Waals surface area contributed by atoms with Crippen molar-refractivity contribution in [2.24, 2.45) is 0 Å². The molecule has 0 bridgehead atoms. The van der Waals surface area contributed by atoms with Gasteiger partial charge in [-0.05, 0) is 24.6 Å². The van der Waals surface area contributed by atoms with Gasteiger partial charge in [0.1, 0.15) is 18.2 Å². The fraction of sp³-hybridized carbons (Fsp3) is 0.273. The largest absolute Gasteiger partial charge is 0.461 e. The number of rotatable bonds is 7. The van der Waals surface area contributed by atoms with Crippen molar-refractivity contribution in [3.8, 4) is 11.3 Å². The van der Waals surface area contributed by atoms with Crippen LogP contribution in [-0.2, 0) is 16.1 Å². The highest BCUT2D eigenvalue weighted by Gasteiger charge is 2.24. The first-order valence-electron chi connectivity index (χ1n) is 9.68. The standard InChI is InChI=1S/C22H21F3N2O4/c1-2-3-4-5-17(29)30-10-12-19(24)21(27)18-15(28)9-16(31-22(18)20(12)25)11-6-7-14(26)13(23)8-11/h6-9H,2-5,10,26-27H2,1H3. The van der Waals surface area contributed by atoms with E-state index in [9.17, 15) is 18.4 Å². The fourth-order valence-electron chi connectivity index (χ4n) is 3.10. The number of hydrogen-bond acceptors (Lipinski definition) is 6. The number of carbonyl (C=O) groups is 1. The van der Waals surface area contributed by atoms with E-state index in [0.717, 1.165) is 25.0 Å². The van der Waals surface area contributed by atoms with Crippen molar-refractivity contribution in [1.82, 2.24) is 0 Å². The van der Waals surface area contributed by atoms with Crippen molar-refractivity contribution in [1.29, 1.82) is 0 Å². The molecule has 0 fully saturated rings. The van der Waals surface area contributed by atoms with E-state index >= 15 is 4.39 Å². The van der Waals surface area contributed by atoms with Gasteiger partial charge in [-0.1, -0.05) is 19.8 Å². The molecule has 0 radical (unpaired) electrons. The second-order valence-electron chi connectivity index (χ2n) is 7.05. The molecule has 0 atom stereocenters. The summed E-state index contributed by atoms with van der Waals surface area (Å²) in [4.78, 5) is 24.3. The van der Waals surface area contributed by atoms with Gasteiger partial charge in [-0.15, -0.1) is 0 Å². The molecule has 6 nitrogen and oxygen atoms in total. The van der Waals surface area contributed by atoms with E-state index in [1.807, 2.05) is 6.92 Å². The van der Waals surface area contributed by atoms with Crippen LogP contribution in [0.1, 0.15) is 38.2 Å². The number of nitrogens with two attached hydrogens (primary N) is 2. The molecule has 9 heteroatoms. The Kier molecular flexibility index (Phi) is 6.53. The van der Waals surface area contributed by atoms with E-state index in [4.69, 9.17) is 20.6 Å². The molecular weight excluding hydrogens is 413 g/mol. The predicted octanol–water partition coefficient (Wildman–Crippen LogP) is 4.67. The quantitative estimate of drug-likeness (QED) is 0.318. The third kappa shape index (κ3) is 4.50. The van der Waals surface area contributed by atoms with Crippen LogP contribution in [-0.4, -0.2) is 5.97 Å². The van der Waals surface area contributed by atoms with Crippen LogP contribution in [0.2, 0.25) is 0 Å². The maximum absolute atomic E-state index is 15.1. The maximum atomic E-state index is 15.1. The highest BCUT2D eigenvalue weighted by atomic mass is 19.1. The summed E-state index contributed by atoms with van der Waals surface area (Å²) >= 11 is 0. The molecule has 0 aliphatic carbocycles. The first-order valence-corrected chi connectivity index (χ1v) is 9.68. The van der Waals surface area contributed by atoms with Gasteiger partial charge in [0.15, 0.2) is 22.6 Å². The van der Waals surface area contributed by atoms with Gasteiger partial charge in [0.2, 0.25) is 0 Å². The average molecular weight is 434 g/mol. The molecule has 0 amide bonds. The summed E-state index contributed by atoms with van der Waals surface area (Å²) < 4.78 is 53.9. The molecule has 164 valence electrons. The SMILES string of the molecule is CCCCCC(=O)OCc1c(F)c(N)c2c(=O)cc(-c3ccc(N)c(F)c3)oc2c1F. The molecule has 3 rings (SSSR count). The van der Waals surface area contributed by atoms with E-state index in [-0.39, 0.29) is 23.4 Å². The molecule has 0 saturated carbocycles. The zero-order valence-corrected chi connectivity index (χ0v) is 16.8. The number of halogens is 3. The Hall–Kier alpha value is -3.49. The van der Waals surface area contributed by atoms with E-state index < -0.39 is 57.7 Å². The topological polar surface area (TPSA) is 109 Å². The summed E-state index contributed by atoms with van der Waals surface area (Å²) in [6.45, 7) is 1.25. The molecule has 31 heavy (non-hydrogen) atoms. The van der Waals surface area contributed by atoms with Gasteiger partial charge >= 0.3 is 5.97 Å². The Labute approximate surface area is 175 Å². The van der Waals surface area contributed by atoms with Crippen molar-refractivity contribution in [3.05, 3.63) is 57.5 Å². The van der Waals surface area contributed by atoms with Crippen LogP contribution in [0.4, 0.5) is 24.5 Å². The monoisotopic (exact) mass is 434 g/mol. The van der Waals surface area contributed by atoms with Gasteiger partial charge in [-0.3, -0.25) is 9.59 Å². The van der Waals surface area contributed by atoms with E-state index in [2.05, 4.69) is 0 Å². The van der Waals surface area contributed by atoms with E-state index in [1.165, 1.54) is 12.1 Å². The summed E-state index contributed by atoms with van der Waals surface area (Å²) in [6, 6.07) is 4.61. The fourth-order valence-corrected chi connectivity index (χ4v) is 3.10. The number of nitrogen functional groups attached to an aromatic ring is 2. The van der Waals surface area contributed by atoms with Gasteiger partial charge in [-0.25, -0.2) is 13.2 Å². The van der Waals surface area contributed by atoms with Gasteiger partial charge in [0.05, 0.1) is 22.3 Å². The number of anilines is 2. The van der Waals surface area contributed by atoms with Gasteiger partial charge in [-0.2, -0.15) is 0 Å². The first kappa shape index (κ1) is 22.2. The third-order valence-electron chi connectivity index (χ3n) is 4.83. The van der Waals surface area contributed by atoms with Crippen molar-refractivity contribution < 1.29 is 27.1 Å². The second-order valence-corrected chi connectivity index (χ2v) is 7.05. The molecule has 4 N–H and O–H groups in total. The van der Waals surface area contributed by atoms with Crippen molar-refractivity contribution in [3.63, 3.8) is 0 Å². The lowest BCUT2D eigenvalue weighted by Gasteiger charge is -2.12. The molecular formula is C22H21F3N2O4. The molecule has 0 spiro atoms. The van der Waals surface area contributed by atoms with Crippen LogP contribution in [0.25, 0.3) is 22.3 Å². The van der Waals surface area contributed by atoms with Crippen LogP contribution >= 0.6 is 0 Å². The minimum Gasteiger partial charge on any atom is -0.461 e. The summed E-state index contributed by atoms with van der Waals surface area (Å²) in [7, 11) is 0. The van der Waals surface area contributed by atoms with Crippen LogP contribution in [0, 0.1) is 17.5 Å². The van der Waals surface area contributed by atoms with Crippen molar-refractivity contribution in [2.45, 2.75) is 39.2 Å². The van der Waals surface area contributed by atoms with Gasteiger partial charge in [0, 0.05) is 18.1 Å². The zero-order chi connectivity index (χ0) is 22.7. The van der Waals surface area contributed by atoms with Gasteiger partial charge < -0.3 is 20.6 Å². The number of hydrogen-bond donors (Lipinski definition) is 2. The number of unbranched alkanes of at least 4 members (excludes halogenated alkanes) is 2. The van der Waals surface area contributed by atoms with Crippen molar-refractivity contribution in [2.75, 3.05) is 11.5 Å². The van der Waals surface area contributed by atoms with E-state index in [0.29, 0.717) is 6.42 Å². The highest BCUT2D eigenvalue weighted by Crippen LogP contribution is 2.32. The maximum Gasteiger partial charge on any atom is 0.306 e. The summed E-state index contributed by atoms with van der Waals surface area (Å²) in [5.74, 6) is -3.96. The molecule has 0 unspecified atom stereocenters. The molecule has 1 aromatic heterocycles. The van der Waals surface area contributed by atoms with Crippen LogP contribution in [0.3, 0.4) is 0 Å². The summed E-state index contributed by atoms with van der Waals surface area (Å²) in [6.07, 6.45) is 2.43. The molecule has 1 heterocycles. The summed E-state index contributed by atoms with van der Waals surface area (Å²) in [5.41, 5.74) is 8.45. The minimum atomic E-state index is -1.22. The molecule has 3 aromatic rings. The number of fused-ring (bicyclic) bond motifs is 1. The lowest BCUT2D eigenvalue weighted by Crippen LogP contribution is -2.12. The smallest absolute Gasteiger partial charge is 0.306 e. The molecule has 0 saturated heterocycles. The van der Waals surface area contributed by atoms with Crippen LogP contribution < -0.4 is 16.9 Å². The first-order chi connectivity index (χ1) is 14.7. The molecule has 0 aliphatic rings. The summed E-state index contributed by atoms with van der Waals surface area (Å²) in [5, 5.41) is -0.493. The van der Waals surface area contributed by atoms with Crippen LogP contribution in [0.5, 0.6) is 0 Å². The molecule has 2 aromatic carbocycles. The highest BCUT2D eigenvalue weighted by molar-refractivity contribution is 5.91. The Bertz CT molecular complexity index is 1210. The van der Waals surface area contributed by atoms with E-state index in [1.54, 1.807) is 0 Å². The van der Waals surface area contributed by atoms with Gasteiger partial charge in [0.25, 0.3) is 0 Å². The zero-order valence-electron chi connectivity index (χ0n) is 16.8. The minimum absolute atomic E-state index is 0.113. The average Bonchev–Trinajstić information content (AvgIpc) is 2.73. The molecule has 0 aliphatic heterocycles. The van der Waals surface area contributed by atoms with Crippen LogP contribution in [0.15, 0.2) is 33.5 Å². The third-order valence-corrected chi connectivity index (χ3v) is 4.83. The van der Waals surface area contributed by atoms with Crippen molar-refractivity contribution >= 4 is 28.3 Å². The number of ether oxygens (including phenoxy) is 1. The normalized spacial score (nSPS) is 11.1. The number of carbonyl (C=O) groups excluding carboxylic acids is 1.